The van der Waals surface area contributed by atoms with Crippen LogP contribution in [0.25, 0.3) is 0 Å². The van der Waals surface area contributed by atoms with Crippen molar-refractivity contribution in [2.24, 2.45) is 0 Å². The zero-order chi connectivity index (χ0) is 12.0. The van der Waals surface area contributed by atoms with Gasteiger partial charge in [-0.1, -0.05) is 11.6 Å². The van der Waals surface area contributed by atoms with E-state index in [4.69, 9.17) is 16.9 Å². The topological polar surface area (TPSA) is 52.9 Å². The minimum absolute atomic E-state index is 0.148. The van der Waals surface area contributed by atoms with E-state index in [2.05, 4.69) is 27.9 Å². The lowest BCUT2D eigenvalue weighted by Crippen LogP contribution is -2.25. The van der Waals surface area contributed by atoms with Crippen molar-refractivity contribution in [1.29, 1.82) is 5.26 Å². The van der Waals surface area contributed by atoms with Gasteiger partial charge in [0.05, 0.1) is 11.6 Å². The summed E-state index contributed by atoms with van der Waals surface area (Å²) in [4.78, 5) is 11.7. The third-order valence-corrected chi connectivity index (χ3v) is 3.10. The van der Waals surface area contributed by atoms with Gasteiger partial charge >= 0.3 is 0 Å². The van der Waals surface area contributed by atoms with Crippen LogP contribution in [0.1, 0.15) is 23.2 Å². The standard InChI is InChI=1S/C11H10ClIN2O/c12-8-3-4-10(13)9(7-8)11(16)15-6-2-1-5-14/h3-4,7H,1-2,6H2,(H,15,16). The van der Waals surface area contributed by atoms with E-state index in [0.717, 1.165) is 3.57 Å². The van der Waals surface area contributed by atoms with Gasteiger partial charge in [0.25, 0.3) is 5.91 Å². The van der Waals surface area contributed by atoms with Gasteiger partial charge < -0.3 is 5.32 Å². The predicted molar refractivity (Wildman–Crippen MR) is 71.3 cm³/mol. The van der Waals surface area contributed by atoms with Crippen LogP contribution in [0.5, 0.6) is 0 Å². The fourth-order valence-electron chi connectivity index (χ4n) is 1.14. The van der Waals surface area contributed by atoms with Crippen LogP contribution in [-0.4, -0.2) is 12.5 Å². The van der Waals surface area contributed by atoms with Crippen LogP contribution in [0.4, 0.5) is 0 Å². The minimum atomic E-state index is -0.148. The molecule has 1 aromatic carbocycles. The first kappa shape index (κ1) is 13.3. The van der Waals surface area contributed by atoms with Gasteiger partial charge in [0.15, 0.2) is 0 Å². The van der Waals surface area contributed by atoms with Gasteiger partial charge in [-0.15, -0.1) is 0 Å². The van der Waals surface area contributed by atoms with Crippen molar-refractivity contribution in [1.82, 2.24) is 5.32 Å². The molecule has 1 amide bonds. The molecular weight excluding hydrogens is 338 g/mol. The van der Waals surface area contributed by atoms with E-state index in [1.54, 1.807) is 18.2 Å². The largest absolute Gasteiger partial charge is 0.352 e. The molecule has 0 saturated carbocycles. The van der Waals surface area contributed by atoms with Crippen LogP contribution < -0.4 is 5.32 Å². The van der Waals surface area contributed by atoms with Crippen LogP contribution in [0.15, 0.2) is 18.2 Å². The normalized spacial score (nSPS) is 9.56. The zero-order valence-corrected chi connectivity index (χ0v) is 11.4. The first-order valence-corrected chi connectivity index (χ1v) is 6.21. The summed E-state index contributed by atoms with van der Waals surface area (Å²) in [5.41, 5.74) is 0.574. The lowest BCUT2D eigenvalue weighted by molar-refractivity contribution is 0.0952. The number of rotatable bonds is 4. The number of nitrogens with zero attached hydrogens (tertiary/aromatic N) is 1. The molecular formula is C11H10ClIN2O. The number of nitriles is 1. The average Bonchev–Trinajstić information content (AvgIpc) is 2.27. The van der Waals surface area contributed by atoms with Crippen LogP contribution in [0.2, 0.25) is 5.02 Å². The lowest BCUT2D eigenvalue weighted by Gasteiger charge is -2.06. The molecule has 1 N–H and O–H groups in total. The Bertz CT molecular complexity index is 428. The van der Waals surface area contributed by atoms with Gasteiger partial charge in [-0.05, 0) is 47.2 Å². The van der Waals surface area contributed by atoms with Crippen molar-refractivity contribution >= 4 is 40.1 Å². The van der Waals surface area contributed by atoms with Crippen molar-refractivity contribution in [2.75, 3.05) is 6.54 Å². The number of halogens is 2. The lowest BCUT2D eigenvalue weighted by atomic mass is 10.2. The van der Waals surface area contributed by atoms with Crippen LogP contribution in [0.3, 0.4) is 0 Å². The SMILES string of the molecule is N#CCCCNC(=O)c1cc(Cl)ccc1I. The molecule has 0 aromatic heterocycles. The fraction of sp³-hybridized carbons (Fsp3) is 0.273. The number of hydrogen-bond acceptors (Lipinski definition) is 2. The Kier molecular flexibility index (Phi) is 5.56. The highest BCUT2D eigenvalue weighted by Crippen LogP contribution is 2.17. The number of carbonyl (C=O) groups is 1. The summed E-state index contributed by atoms with van der Waals surface area (Å²) in [6.45, 7) is 0.509. The molecule has 0 radical (unpaired) electrons. The number of unbranched alkanes of at least 4 members (excludes halogenated alkanes) is 1. The molecule has 0 aliphatic carbocycles. The monoisotopic (exact) mass is 348 g/mol. The molecule has 0 unspecified atom stereocenters. The second-order valence-corrected chi connectivity index (χ2v) is 4.74. The summed E-state index contributed by atoms with van der Waals surface area (Å²) in [5, 5.41) is 11.6. The second kappa shape index (κ2) is 6.71. The number of hydrogen-bond donors (Lipinski definition) is 1. The van der Waals surface area contributed by atoms with Gasteiger partial charge in [0.2, 0.25) is 0 Å². The maximum absolute atomic E-state index is 11.7. The Morgan fingerprint density at radius 2 is 2.31 bits per heavy atom. The van der Waals surface area contributed by atoms with Crippen molar-refractivity contribution in [3.05, 3.63) is 32.4 Å². The molecule has 0 bridgehead atoms. The molecule has 0 atom stereocenters. The summed E-state index contributed by atoms with van der Waals surface area (Å²) >= 11 is 7.91. The number of benzene rings is 1. The molecule has 5 heteroatoms. The minimum Gasteiger partial charge on any atom is -0.352 e. The fourth-order valence-corrected chi connectivity index (χ4v) is 1.89. The molecule has 0 fully saturated rings. The van der Waals surface area contributed by atoms with E-state index in [1.165, 1.54) is 0 Å². The van der Waals surface area contributed by atoms with Crippen molar-refractivity contribution in [3.8, 4) is 6.07 Å². The van der Waals surface area contributed by atoms with Gasteiger partial charge in [-0.25, -0.2) is 0 Å². The summed E-state index contributed by atoms with van der Waals surface area (Å²) in [7, 11) is 0. The van der Waals surface area contributed by atoms with Gasteiger partial charge in [0.1, 0.15) is 0 Å². The zero-order valence-electron chi connectivity index (χ0n) is 8.46. The molecule has 0 heterocycles. The third-order valence-electron chi connectivity index (χ3n) is 1.92. The Hall–Kier alpha value is -0.800. The quantitative estimate of drug-likeness (QED) is 0.672. The Labute approximate surface area is 113 Å². The number of nitrogens with one attached hydrogen (secondary N) is 1. The highest BCUT2D eigenvalue weighted by molar-refractivity contribution is 14.1. The Morgan fingerprint density at radius 1 is 1.56 bits per heavy atom. The van der Waals surface area contributed by atoms with E-state index in [1.807, 2.05) is 6.07 Å². The van der Waals surface area contributed by atoms with E-state index >= 15 is 0 Å². The molecule has 16 heavy (non-hydrogen) atoms. The van der Waals surface area contributed by atoms with E-state index in [-0.39, 0.29) is 5.91 Å². The van der Waals surface area contributed by atoms with E-state index in [9.17, 15) is 4.79 Å². The number of amides is 1. The summed E-state index contributed by atoms with van der Waals surface area (Å²) < 4.78 is 0.861. The second-order valence-electron chi connectivity index (χ2n) is 3.14. The molecule has 1 rings (SSSR count). The molecule has 0 aliphatic rings. The third kappa shape index (κ3) is 3.99. The molecule has 0 spiro atoms. The Morgan fingerprint density at radius 3 is 3.00 bits per heavy atom. The van der Waals surface area contributed by atoms with E-state index in [0.29, 0.717) is 30.0 Å². The molecule has 3 nitrogen and oxygen atoms in total. The molecule has 1 aromatic rings. The van der Waals surface area contributed by atoms with Crippen molar-refractivity contribution in [3.63, 3.8) is 0 Å². The number of carbonyl (C=O) groups excluding carboxylic acids is 1. The average molecular weight is 349 g/mol. The van der Waals surface area contributed by atoms with E-state index < -0.39 is 0 Å². The smallest absolute Gasteiger partial charge is 0.252 e. The predicted octanol–water partition coefficient (Wildman–Crippen LogP) is 2.98. The van der Waals surface area contributed by atoms with Crippen LogP contribution in [-0.2, 0) is 0 Å². The molecule has 84 valence electrons. The first-order chi connectivity index (χ1) is 7.65. The summed E-state index contributed by atoms with van der Waals surface area (Å²) in [6, 6.07) is 7.21. The van der Waals surface area contributed by atoms with Crippen LogP contribution in [0, 0.1) is 14.9 Å². The van der Waals surface area contributed by atoms with Crippen LogP contribution >= 0.6 is 34.2 Å². The van der Waals surface area contributed by atoms with Gasteiger partial charge in [-0.2, -0.15) is 5.26 Å². The summed E-state index contributed by atoms with van der Waals surface area (Å²) in [5.74, 6) is -0.148. The molecule has 0 saturated heterocycles. The van der Waals surface area contributed by atoms with Crippen molar-refractivity contribution < 1.29 is 4.79 Å². The maximum Gasteiger partial charge on any atom is 0.252 e. The maximum atomic E-state index is 11.7. The highest BCUT2D eigenvalue weighted by Gasteiger charge is 2.09. The van der Waals surface area contributed by atoms with Crippen molar-refractivity contribution in [2.45, 2.75) is 12.8 Å². The van der Waals surface area contributed by atoms with Gasteiger partial charge in [0, 0.05) is 21.6 Å². The summed E-state index contributed by atoms with van der Waals surface area (Å²) in [6.07, 6.45) is 1.12. The molecule has 0 aliphatic heterocycles. The van der Waals surface area contributed by atoms with Gasteiger partial charge in [-0.3, -0.25) is 4.79 Å². The highest BCUT2D eigenvalue weighted by atomic mass is 127. The first-order valence-electron chi connectivity index (χ1n) is 4.75. The Balaban J connectivity index is 2.59.